The van der Waals surface area contributed by atoms with E-state index in [4.69, 9.17) is 0 Å². The second-order valence-electron chi connectivity index (χ2n) is 9.82. The van der Waals surface area contributed by atoms with Crippen molar-refractivity contribution in [2.75, 3.05) is 38.0 Å². The third-order valence-corrected chi connectivity index (χ3v) is 6.70. The first-order valence-electron chi connectivity index (χ1n) is 13.2. The largest absolute Gasteiger partial charge is 0.378 e. The topological polar surface area (TPSA) is 149 Å². The van der Waals surface area contributed by atoms with Gasteiger partial charge >= 0.3 is 0 Å². The Kier molecular flexibility index (Phi) is 10.6. The van der Waals surface area contributed by atoms with Gasteiger partial charge in [-0.1, -0.05) is 48.5 Å². The highest BCUT2D eigenvalue weighted by Crippen LogP contribution is 2.30. The molecule has 8 heteroatoms. The minimum Gasteiger partial charge on any atom is -0.378 e. The van der Waals surface area contributed by atoms with E-state index in [0.29, 0.717) is 33.4 Å². The number of allylic oxidation sites excluding steroid dienone is 8. The molecule has 44 heavy (non-hydrogen) atoms. The van der Waals surface area contributed by atoms with E-state index in [-0.39, 0.29) is 22.3 Å². The molecule has 8 nitrogen and oxygen atoms in total. The van der Waals surface area contributed by atoms with Crippen molar-refractivity contribution < 1.29 is 0 Å². The zero-order valence-electron chi connectivity index (χ0n) is 24.7. The minimum atomic E-state index is -0.134. The van der Waals surface area contributed by atoms with Gasteiger partial charge in [-0.3, -0.25) is 0 Å². The van der Waals surface area contributed by atoms with Gasteiger partial charge in [-0.05, 0) is 58.7 Å². The number of hydrogen-bond donors (Lipinski definition) is 0. The van der Waals surface area contributed by atoms with Crippen molar-refractivity contribution in [1.82, 2.24) is 0 Å². The summed E-state index contributed by atoms with van der Waals surface area (Å²) in [6, 6.07) is 33.2. The number of anilines is 2. The lowest BCUT2D eigenvalue weighted by atomic mass is 9.93. The number of hydrogen-bond acceptors (Lipinski definition) is 8. The number of benzene rings is 3. The van der Waals surface area contributed by atoms with E-state index in [1.807, 2.05) is 86.5 Å². The molecule has 0 aliphatic rings. The van der Waals surface area contributed by atoms with E-state index >= 15 is 0 Å². The molecule has 0 saturated heterocycles. The molecule has 3 aromatic rings. The third kappa shape index (κ3) is 7.26. The van der Waals surface area contributed by atoms with Crippen LogP contribution >= 0.6 is 0 Å². The molecule has 0 N–H and O–H groups in total. The van der Waals surface area contributed by atoms with Crippen LogP contribution in [0.15, 0.2) is 96.1 Å². The van der Waals surface area contributed by atoms with Crippen LogP contribution in [0.3, 0.4) is 0 Å². The van der Waals surface area contributed by atoms with E-state index < -0.39 is 0 Å². The Balaban J connectivity index is 2.08. The third-order valence-electron chi connectivity index (χ3n) is 6.70. The van der Waals surface area contributed by atoms with Crippen molar-refractivity contribution in [1.29, 1.82) is 31.6 Å². The van der Waals surface area contributed by atoms with Crippen molar-refractivity contribution in [3.8, 4) is 36.4 Å². The highest BCUT2D eigenvalue weighted by molar-refractivity contribution is 5.94. The molecule has 210 valence electrons. The van der Waals surface area contributed by atoms with Crippen molar-refractivity contribution >= 4 is 33.7 Å². The molecule has 0 heterocycles. The maximum absolute atomic E-state index is 10.0. The van der Waals surface area contributed by atoms with Crippen LogP contribution in [-0.4, -0.2) is 28.2 Å². The van der Waals surface area contributed by atoms with Crippen molar-refractivity contribution in [3.63, 3.8) is 0 Å². The molecular weight excluding hydrogens is 544 g/mol. The van der Waals surface area contributed by atoms with Gasteiger partial charge in [0.2, 0.25) is 0 Å². The summed E-state index contributed by atoms with van der Waals surface area (Å²) in [4.78, 5) is 3.84. The fourth-order valence-corrected chi connectivity index (χ4v) is 4.25. The first-order valence-corrected chi connectivity index (χ1v) is 13.2. The molecule has 0 amide bonds. The predicted octanol–water partition coefficient (Wildman–Crippen LogP) is 6.63. The first-order chi connectivity index (χ1) is 21.2. The van der Waals surface area contributed by atoms with E-state index in [1.165, 1.54) is 12.2 Å². The molecule has 0 spiro atoms. The van der Waals surface area contributed by atoms with Gasteiger partial charge in [0.05, 0.1) is 23.3 Å². The van der Waals surface area contributed by atoms with Crippen LogP contribution in [0.25, 0.3) is 22.3 Å². The second-order valence-corrected chi connectivity index (χ2v) is 9.82. The molecule has 0 bridgehead atoms. The van der Waals surface area contributed by atoms with Crippen LogP contribution in [0.4, 0.5) is 11.4 Å². The van der Waals surface area contributed by atoms with Gasteiger partial charge in [-0.15, -0.1) is 0 Å². The fourth-order valence-electron chi connectivity index (χ4n) is 4.25. The quantitative estimate of drug-likeness (QED) is 0.216. The Morgan fingerprint density at radius 3 is 0.932 bits per heavy atom. The lowest BCUT2D eigenvalue weighted by Crippen LogP contribution is -2.08. The van der Waals surface area contributed by atoms with Gasteiger partial charge in [-0.25, -0.2) is 0 Å². The predicted molar refractivity (Wildman–Crippen MR) is 171 cm³/mol. The molecule has 3 aromatic carbocycles. The summed E-state index contributed by atoms with van der Waals surface area (Å²) in [5.74, 6) is 0. The van der Waals surface area contributed by atoms with E-state index in [2.05, 4.69) is 12.1 Å². The van der Waals surface area contributed by atoms with Gasteiger partial charge < -0.3 is 9.80 Å². The van der Waals surface area contributed by atoms with E-state index in [9.17, 15) is 31.6 Å². The van der Waals surface area contributed by atoms with Crippen LogP contribution < -0.4 is 9.80 Å². The van der Waals surface area contributed by atoms with Crippen LogP contribution in [0.5, 0.6) is 0 Å². The van der Waals surface area contributed by atoms with Crippen molar-refractivity contribution in [2.24, 2.45) is 0 Å². The average molecular weight is 571 g/mol. The second kappa shape index (κ2) is 14.7. The van der Waals surface area contributed by atoms with Gasteiger partial charge in [-0.2, -0.15) is 31.6 Å². The zero-order chi connectivity index (χ0) is 32.2. The maximum atomic E-state index is 10.0. The lowest BCUT2D eigenvalue weighted by Gasteiger charge is -2.13. The van der Waals surface area contributed by atoms with Gasteiger partial charge in [0, 0.05) is 50.7 Å². The monoisotopic (exact) mass is 570 g/mol. The Morgan fingerprint density at radius 1 is 0.432 bits per heavy atom. The molecule has 0 fully saturated rings. The summed E-state index contributed by atoms with van der Waals surface area (Å²) < 4.78 is 0. The van der Waals surface area contributed by atoms with Crippen molar-refractivity contribution in [3.05, 3.63) is 118 Å². The number of nitriles is 6. The summed E-state index contributed by atoms with van der Waals surface area (Å²) in [6.45, 7) is 0. The summed E-state index contributed by atoms with van der Waals surface area (Å²) in [6.07, 6.45) is 3.01. The molecular formula is C36H26N8. The van der Waals surface area contributed by atoms with Gasteiger partial charge in [0.25, 0.3) is 0 Å². The highest BCUT2D eigenvalue weighted by atomic mass is 15.1. The van der Waals surface area contributed by atoms with Gasteiger partial charge in [0.1, 0.15) is 35.4 Å². The lowest BCUT2D eigenvalue weighted by molar-refractivity contribution is 1.13. The summed E-state index contributed by atoms with van der Waals surface area (Å²) in [5, 5.41) is 58.5. The standard InChI is InChI=1S/C36H26N8/c1-43(2)33-13-9-27(10-14-33)35(31(21-39)22-40)17-29(19-37)25-5-7-26(8-6-25)30(20-38)18-36(32(23-41)24-42)28-11-15-34(16-12-28)44(3)4/h5-18H,1-4H3/b29-17+,30-18+. The van der Waals surface area contributed by atoms with Crippen LogP contribution in [-0.2, 0) is 0 Å². The molecule has 0 aromatic heterocycles. The summed E-state index contributed by atoms with van der Waals surface area (Å²) in [7, 11) is 7.60. The fraction of sp³-hybridized carbons (Fsp3) is 0.111. The Morgan fingerprint density at radius 2 is 0.705 bits per heavy atom. The van der Waals surface area contributed by atoms with Crippen molar-refractivity contribution in [2.45, 2.75) is 0 Å². The maximum Gasteiger partial charge on any atom is 0.137 e. The Labute approximate surface area is 257 Å². The SMILES string of the molecule is CN(C)c1ccc(C(/C=C(\C#N)c2ccc(/C(C#N)=C/C(=C(C#N)C#N)c3ccc(N(C)C)cc3)cc2)=C(C#N)C#N)cc1. The minimum absolute atomic E-state index is 0.134. The molecule has 0 unspecified atom stereocenters. The number of rotatable bonds is 8. The highest BCUT2D eigenvalue weighted by Gasteiger charge is 2.13. The smallest absolute Gasteiger partial charge is 0.137 e. The molecule has 3 rings (SSSR count). The molecule has 0 aliphatic carbocycles. The summed E-state index contributed by atoms with van der Waals surface area (Å²) in [5.41, 5.74) is 4.90. The zero-order valence-corrected chi connectivity index (χ0v) is 24.7. The molecule has 0 radical (unpaired) electrons. The van der Waals surface area contributed by atoms with E-state index in [0.717, 1.165) is 11.4 Å². The van der Waals surface area contributed by atoms with Gasteiger partial charge in [0.15, 0.2) is 0 Å². The van der Waals surface area contributed by atoms with Crippen LogP contribution in [0.2, 0.25) is 0 Å². The first kappa shape index (κ1) is 31.7. The molecule has 0 atom stereocenters. The van der Waals surface area contributed by atoms with Crippen LogP contribution in [0, 0.1) is 68.0 Å². The average Bonchev–Trinajstić information content (AvgIpc) is 3.05. The van der Waals surface area contributed by atoms with E-state index in [1.54, 1.807) is 48.5 Å². The molecule has 0 aliphatic heterocycles. The normalized spacial score (nSPS) is 10.4. The van der Waals surface area contributed by atoms with Crippen LogP contribution in [0.1, 0.15) is 22.3 Å². The Hall–Kier alpha value is -6.84. The summed E-state index contributed by atoms with van der Waals surface area (Å²) >= 11 is 0. The number of nitrogens with zero attached hydrogens (tertiary/aromatic N) is 8. The Bertz CT molecular complexity index is 1750. The molecule has 0 saturated carbocycles.